The van der Waals surface area contributed by atoms with Gasteiger partial charge in [0, 0.05) is 12.2 Å². The highest BCUT2D eigenvalue weighted by Gasteiger charge is 2.09. The van der Waals surface area contributed by atoms with Crippen molar-refractivity contribution in [3.05, 3.63) is 12.2 Å². The maximum atomic E-state index is 11.6. The molecule has 22 heavy (non-hydrogen) atoms. The van der Waals surface area contributed by atoms with Gasteiger partial charge in [0.15, 0.2) is 0 Å². The van der Waals surface area contributed by atoms with Crippen LogP contribution in [0.25, 0.3) is 0 Å². The van der Waals surface area contributed by atoms with Gasteiger partial charge in [-0.2, -0.15) is 0 Å². The van der Waals surface area contributed by atoms with E-state index < -0.39 is 11.9 Å². The lowest BCUT2D eigenvalue weighted by Crippen LogP contribution is -2.15. The second-order valence-electron chi connectivity index (χ2n) is 5.82. The lowest BCUT2D eigenvalue weighted by atomic mass is 10.1. The van der Waals surface area contributed by atoms with Gasteiger partial charge in [-0.05, 0) is 39.5 Å². The summed E-state index contributed by atoms with van der Waals surface area (Å²) in [5.41, 5.74) is 0. The molecule has 2 unspecified atom stereocenters. The van der Waals surface area contributed by atoms with E-state index in [1.807, 2.05) is 13.8 Å². The van der Waals surface area contributed by atoms with E-state index in [1.54, 1.807) is 0 Å². The highest BCUT2D eigenvalue weighted by atomic mass is 16.5. The largest absolute Gasteiger partial charge is 0.460 e. The first-order valence-electron chi connectivity index (χ1n) is 8.58. The number of ether oxygens (including phenoxy) is 2. The van der Waals surface area contributed by atoms with E-state index in [9.17, 15) is 9.59 Å². The Morgan fingerprint density at radius 3 is 1.45 bits per heavy atom. The van der Waals surface area contributed by atoms with E-state index in [-0.39, 0.29) is 12.2 Å². The summed E-state index contributed by atoms with van der Waals surface area (Å²) in [6, 6.07) is 0. The molecule has 0 aromatic carbocycles. The first-order valence-corrected chi connectivity index (χ1v) is 8.58. The van der Waals surface area contributed by atoms with Crippen molar-refractivity contribution in [1.82, 2.24) is 0 Å². The van der Waals surface area contributed by atoms with Crippen LogP contribution in [0, 0.1) is 0 Å². The van der Waals surface area contributed by atoms with Crippen molar-refractivity contribution < 1.29 is 19.1 Å². The molecule has 0 aliphatic rings. The third-order valence-corrected chi connectivity index (χ3v) is 3.42. The minimum absolute atomic E-state index is 0.118. The van der Waals surface area contributed by atoms with Crippen molar-refractivity contribution in [2.45, 2.75) is 91.3 Å². The SMILES string of the molecule is CCCCCC(C)OC(=O)/C=C/C(=O)OC(C)CCCCC. The normalized spacial score (nSPS) is 13.8. The van der Waals surface area contributed by atoms with Crippen LogP contribution < -0.4 is 0 Å². The Hall–Kier alpha value is -1.32. The average Bonchev–Trinajstić information content (AvgIpc) is 2.45. The third-order valence-electron chi connectivity index (χ3n) is 3.42. The molecule has 0 radical (unpaired) electrons. The molecule has 0 fully saturated rings. The van der Waals surface area contributed by atoms with Gasteiger partial charge >= 0.3 is 11.9 Å². The lowest BCUT2D eigenvalue weighted by Gasteiger charge is -2.12. The molecule has 0 aromatic rings. The molecule has 0 aromatic heterocycles. The lowest BCUT2D eigenvalue weighted by molar-refractivity contribution is -0.145. The molecular weight excluding hydrogens is 280 g/mol. The second kappa shape index (κ2) is 13.4. The smallest absolute Gasteiger partial charge is 0.331 e. The fraction of sp³-hybridized carbons (Fsp3) is 0.778. The van der Waals surface area contributed by atoms with E-state index in [0.29, 0.717) is 0 Å². The molecule has 128 valence electrons. The van der Waals surface area contributed by atoms with Gasteiger partial charge < -0.3 is 9.47 Å². The Bertz CT molecular complexity index is 304. The van der Waals surface area contributed by atoms with E-state index in [0.717, 1.165) is 63.5 Å². The number of carbonyl (C=O) groups excluding carboxylic acids is 2. The quantitative estimate of drug-likeness (QED) is 0.301. The van der Waals surface area contributed by atoms with Crippen molar-refractivity contribution in [3.63, 3.8) is 0 Å². The van der Waals surface area contributed by atoms with Gasteiger partial charge in [-0.3, -0.25) is 0 Å². The van der Waals surface area contributed by atoms with Crippen LogP contribution in [0.1, 0.15) is 79.1 Å². The van der Waals surface area contributed by atoms with Gasteiger partial charge in [-0.15, -0.1) is 0 Å². The van der Waals surface area contributed by atoms with Gasteiger partial charge in [0.25, 0.3) is 0 Å². The van der Waals surface area contributed by atoms with E-state index in [4.69, 9.17) is 9.47 Å². The minimum Gasteiger partial charge on any atom is -0.460 e. The predicted molar refractivity (Wildman–Crippen MR) is 88.5 cm³/mol. The van der Waals surface area contributed by atoms with Gasteiger partial charge in [0.1, 0.15) is 0 Å². The second-order valence-corrected chi connectivity index (χ2v) is 5.82. The zero-order valence-electron chi connectivity index (χ0n) is 14.6. The Morgan fingerprint density at radius 2 is 1.14 bits per heavy atom. The van der Waals surface area contributed by atoms with Crippen LogP contribution in [0.3, 0.4) is 0 Å². The first-order chi connectivity index (χ1) is 10.5. The molecule has 0 saturated heterocycles. The maximum absolute atomic E-state index is 11.6. The highest BCUT2D eigenvalue weighted by molar-refractivity contribution is 5.91. The van der Waals surface area contributed by atoms with Crippen LogP contribution in [0.5, 0.6) is 0 Å². The zero-order chi connectivity index (χ0) is 16.8. The van der Waals surface area contributed by atoms with Crippen molar-refractivity contribution in [2.24, 2.45) is 0 Å². The average molecular weight is 312 g/mol. The molecule has 0 aliphatic heterocycles. The molecule has 0 aliphatic carbocycles. The summed E-state index contributed by atoms with van der Waals surface area (Å²) in [6.07, 6.45) is 10.4. The molecule has 4 nitrogen and oxygen atoms in total. The fourth-order valence-corrected chi connectivity index (χ4v) is 2.09. The van der Waals surface area contributed by atoms with Crippen molar-refractivity contribution in [2.75, 3.05) is 0 Å². The van der Waals surface area contributed by atoms with E-state index in [2.05, 4.69) is 13.8 Å². The summed E-state index contributed by atoms with van der Waals surface area (Å²) in [6.45, 7) is 8.01. The summed E-state index contributed by atoms with van der Waals surface area (Å²) in [4.78, 5) is 23.1. The number of hydrogen-bond donors (Lipinski definition) is 0. The van der Waals surface area contributed by atoms with Crippen LogP contribution >= 0.6 is 0 Å². The minimum atomic E-state index is -0.486. The highest BCUT2D eigenvalue weighted by Crippen LogP contribution is 2.08. The van der Waals surface area contributed by atoms with E-state index in [1.165, 1.54) is 0 Å². The van der Waals surface area contributed by atoms with Gasteiger partial charge in [-0.25, -0.2) is 9.59 Å². The van der Waals surface area contributed by atoms with Gasteiger partial charge in [0.2, 0.25) is 0 Å². The number of rotatable bonds is 12. The Labute approximate surface area is 135 Å². The first kappa shape index (κ1) is 20.7. The van der Waals surface area contributed by atoms with Crippen LogP contribution in [0.15, 0.2) is 12.2 Å². The molecular formula is C18H32O4. The number of hydrogen-bond acceptors (Lipinski definition) is 4. The van der Waals surface area contributed by atoms with Crippen molar-refractivity contribution in [3.8, 4) is 0 Å². The van der Waals surface area contributed by atoms with Crippen molar-refractivity contribution >= 4 is 11.9 Å². The Balaban J connectivity index is 3.92. The molecule has 2 atom stereocenters. The monoisotopic (exact) mass is 312 g/mol. The van der Waals surface area contributed by atoms with Crippen LogP contribution in [0.4, 0.5) is 0 Å². The molecule has 0 saturated carbocycles. The molecule has 0 bridgehead atoms. The molecule has 0 N–H and O–H groups in total. The molecule has 0 spiro atoms. The van der Waals surface area contributed by atoms with Crippen LogP contribution in [0.2, 0.25) is 0 Å². The third kappa shape index (κ3) is 12.4. The van der Waals surface area contributed by atoms with Crippen LogP contribution in [-0.2, 0) is 19.1 Å². The maximum Gasteiger partial charge on any atom is 0.331 e. The van der Waals surface area contributed by atoms with Gasteiger partial charge in [0.05, 0.1) is 12.2 Å². The topological polar surface area (TPSA) is 52.6 Å². The summed E-state index contributed by atoms with van der Waals surface area (Å²) < 4.78 is 10.4. The molecule has 4 heteroatoms. The van der Waals surface area contributed by atoms with Gasteiger partial charge in [-0.1, -0.05) is 39.5 Å². The zero-order valence-corrected chi connectivity index (χ0v) is 14.6. The number of unbranched alkanes of at least 4 members (excludes halogenated alkanes) is 4. The summed E-state index contributed by atoms with van der Waals surface area (Å²) >= 11 is 0. The van der Waals surface area contributed by atoms with E-state index >= 15 is 0 Å². The summed E-state index contributed by atoms with van der Waals surface area (Å²) in [7, 11) is 0. The summed E-state index contributed by atoms with van der Waals surface area (Å²) in [5.74, 6) is -0.973. The number of esters is 2. The standard InChI is InChI=1S/C18H32O4/c1-5-7-9-11-15(3)21-17(19)13-14-18(20)22-16(4)12-10-8-6-2/h13-16H,5-12H2,1-4H3/b14-13+. The summed E-state index contributed by atoms with van der Waals surface area (Å²) in [5, 5.41) is 0. The fourth-order valence-electron chi connectivity index (χ4n) is 2.09. The van der Waals surface area contributed by atoms with Crippen molar-refractivity contribution in [1.29, 1.82) is 0 Å². The Kier molecular flexibility index (Phi) is 12.5. The molecule has 0 rings (SSSR count). The molecule has 0 heterocycles. The predicted octanol–water partition coefficient (Wildman–Crippen LogP) is 4.57. The Morgan fingerprint density at radius 1 is 0.773 bits per heavy atom. The number of carbonyl (C=O) groups is 2. The molecule has 0 amide bonds. The van der Waals surface area contributed by atoms with Crippen LogP contribution in [-0.4, -0.2) is 24.1 Å².